The molecule has 7 heteroatoms. The molecule has 0 atom stereocenters. The summed E-state index contributed by atoms with van der Waals surface area (Å²) >= 11 is 0. The van der Waals surface area contributed by atoms with E-state index >= 15 is 0 Å². The highest BCUT2D eigenvalue weighted by Gasteiger charge is 2.23. The molecule has 0 fully saturated rings. The molecule has 3 aromatic rings. The van der Waals surface area contributed by atoms with Gasteiger partial charge < -0.3 is 14.9 Å². The van der Waals surface area contributed by atoms with E-state index in [-0.39, 0.29) is 16.8 Å². The molecule has 23 heavy (non-hydrogen) atoms. The zero-order valence-electron chi connectivity index (χ0n) is 12.2. The number of anilines is 1. The number of carbonyl (C=O) groups excluding carboxylic acids is 2. The van der Waals surface area contributed by atoms with Crippen LogP contribution in [0.5, 0.6) is 0 Å². The molecule has 3 N–H and O–H groups in total. The summed E-state index contributed by atoms with van der Waals surface area (Å²) in [6.45, 7) is -0.910. The fraction of sp³-hybridized carbons (Fsp3) is 0.125. The molecule has 0 aliphatic carbocycles. The number of furan rings is 1. The molecule has 0 saturated carbocycles. The highest BCUT2D eigenvalue weighted by Crippen LogP contribution is 2.37. The molecule has 3 rings (SSSR count). The number of alkyl halides is 1. The molecule has 0 saturated heterocycles. The summed E-state index contributed by atoms with van der Waals surface area (Å²) < 4.78 is 23.6. The molecular formula is C16H13FN2O4. The van der Waals surface area contributed by atoms with Crippen LogP contribution in [0.15, 0.2) is 34.7 Å². The van der Waals surface area contributed by atoms with Crippen LogP contribution in [0.3, 0.4) is 0 Å². The second-order valence-corrected chi connectivity index (χ2v) is 4.87. The lowest BCUT2D eigenvalue weighted by Gasteiger charge is -2.13. The van der Waals surface area contributed by atoms with E-state index in [1.54, 1.807) is 24.3 Å². The van der Waals surface area contributed by atoms with Crippen molar-refractivity contribution < 1.29 is 23.1 Å². The summed E-state index contributed by atoms with van der Waals surface area (Å²) in [4.78, 5) is 23.5. The topological polar surface area (TPSA) is 94.6 Å². The second-order valence-electron chi connectivity index (χ2n) is 4.87. The molecule has 2 amide bonds. The van der Waals surface area contributed by atoms with Crippen LogP contribution >= 0.6 is 0 Å². The average Bonchev–Trinajstić information content (AvgIpc) is 2.91. The number of para-hydroxylation sites is 1. The quantitative estimate of drug-likeness (QED) is 0.775. The SMILES string of the molecule is COC(=O)Nc1c(CF)cc2oc3ccccc3c2c1C(N)=O. The summed E-state index contributed by atoms with van der Waals surface area (Å²) in [6.07, 6.45) is -0.825. The van der Waals surface area contributed by atoms with Crippen molar-refractivity contribution >= 4 is 39.6 Å². The number of primary amides is 1. The summed E-state index contributed by atoms with van der Waals surface area (Å²) in [5, 5.41) is 3.44. The van der Waals surface area contributed by atoms with Gasteiger partial charge in [0, 0.05) is 16.3 Å². The Balaban J connectivity index is 2.43. The number of rotatable bonds is 3. The maximum Gasteiger partial charge on any atom is 0.411 e. The lowest BCUT2D eigenvalue weighted by atomic mass is 10.00. The molecule has 0 aliphatic rings. The Morgan fingerprint density at radius 2 is 2.04 bits per heavy atom. The van der Waals surface area contributed by atoms with Crippen molar-refractivity contribution in [2.45, 2.75) is 6.67 Å². The van der Waals surface area contributed by atoms with Gasteiger partial charge in [-0.05, 0) is 12.1 Å². The summed E-state index contributed by atoms with van der Waals surface area (Å²) in [5.41, 5.74) is 6.39. The molecule has 1 heterocycles. The lowest BCUT2D eigenvalue weighted by Crippen LogP contribution is -2.19. The molecule has 2 aromatic carbocycles. The fourth-order valence-electron chi connectivity index (χ4n) is 2.59. The van der Waals surface area contributed by atoms with Crippen LogP contribution in [0.25, 0.3) is 21.9 Å². The van der Waals surface area contributed by atoms with E-state index in [1.807, 2.05) is 0 Å². The van der Waals surface area contributed by atoms with E-state index in [0.29, 0.717) is 21.9 Å². The van der Waals surface area contributed by atoms with E-state index in [0.717, 1.165) is 0 Å². The van der Waals surface area contributed by atoms with Gasteiger partial charge in [0.2, 0.25) is 0 Å². The van der Waals surface area contributed by atoms with E-state index < -0.39 is 18.7 Å². The third-order valence-electron chi connectivity index (χ3n) is 3.55. The van der Waals surface area contributed by atoms with Crippen molar-refractivity contribution in [3.63, 3.8) is 0 Å². The predicted molar refractivity (Wildman–Crippen MR) is 83.1 cm³/mol. The highest BCUT2D eigenvalue weighted by molar-refractivity contribution is 6.20. The Morgan fingerprint density at radius 3 is 2.70 bits per heavy atom. The van der Waals surface area contributed by atoms with Gasteiger partial charge in [-0.25, -0.2) is 9.18 Å². The normalized spacial score (nSPS) is 10.9. The summed E-state index contributed by atoms with van der Waals surface area (Å²) in [6, 6.07) is 8.47. The van der Waals surface area contributed by atoms with Gasteiger partial charge in [0.25, 0.3) is 5.91 Å². The molecule has 1 aromatic heterocycles. The first-order valence-electron chi connectivity index (χ1n) is 6.74. The first-order chi connectivity index (χ1) is 11.1. The molecule has 0 aliphatic heterocycles. The molecule has 0 unspecified atom stereocenters. The van der Waals surface area contributed by atoms with Crippen LogP contribution < -0.4 is 11.1 Å². The Morgan fingerprint density at radius 1 is 1.30 bits per heavy atom. The number of halogens is 1. The van der Waals surface area contributed by atoms with Gasteiger partial charge in [-0.3, -0.25) is 10.1 Å². The highest BCUT2D eigenvalue weighted by atomic mass is 19.1. The molecule has 0 spiro atoms. The largest absolute Gasteiger partial charge is 0.456 e. The number of hydrogen-bond acceptors (Lipinski definition) is 4. The summed E-state index contributed by atoms with van der Waals surface area (Å²) in [7, 11) is 1.17. The number of amides is 2. The number of nitrogens with two attached hydrogens (primary N) is 1. The number of methoxy groups -OCH3 is 1. The predicted octanol–water partition coefficient (Wildman–Crippen LogP) is 3.33. The zero-order chi connectivity index (χ0) is 16.6. The number of ether oxygens (including phenoxy) is 1. The Bertz CT molecular complexity index is 933. The van der Waals surface area contributed by atoms with Gasteiger partial charge in [0.05, 0.1) is 18.4 Å². The van der Waals surface area contributed by atoms with Crippen LogP contribution in [0, 0.1) is 0 Å². The Hall–Kier alpha value is -3.09. The molecule has 0 bridgehead atoms. The van der Waals surface area contributed by atoms with Gasteiger partial charge >= 0.3 is 6.09 Å². The number of nitrogens with one attached hydrogen (secondary N) is 1. The van der Waals surface area contributed by atoms with Gasteiger partial charge in [0.15, 0.2) is 0 Å². The van der Waals surface area contributed by atoms with E-state index in [4.69, 9.17) is 10.2 Å². The van der Waals surface area contributed by atoms with E-state index in [9.17, 15) is 14.0 Å². The van der Waals surface area contributed by atoms with Crippen molar-refractivity contribution in [3.05, 3.63) is 41.5 Å². The van der Waals surface area contributed by atoms with Crippen molar-refractivity contribution in [2.24, 2.45) is 5.73 Å². The third-order valence-corrected chi connectivity index (χ3v) is 3.55. The number of fused-ring (bicyclic) bond motifs is 3. The van der Waals surface area contributed by atoms with Crippen molar-refractivity contribution in [2.75, 3.05) is 12.4 Å². The third kappa shape index (κ3) is 2.36. The maximum absolute atomic E-state index is 13.4. The Labute approximate surface area is 130 Å². The second kappa shape index (κ2) is 5.60. The Kier molecular flexibility index (Phi) is 3.61. The van der Waals surface area contributed by atoms with Gasteiger partial charge in [-0.15, -0.1) is 0 Å². The van der Waals surface area contributed by atoms with Gasteiger partial charge in [-0.2, -0.15) is 0 Å². The molecule has 0 radical (unpaired) electrons. The average molecular weight is 316 g/mol. The monoisotopic (exact) mass is 316 g/mol. The van der Waals surface area contributed by atoms with Crippen LogP contribution in [0.2, 0.25) is 0 Å². The standard InChI is InChI=1S/C16H13FN2O4/c1-22-16(21)19-14-8(7-17)6-11-12(13(14)15(18)20)9-4-2-3-5-10(9)23-11/h2-6H,7H2,1H3,(H2,18,20)(H,19,21). The first kappa shape index (κ1) is 14.8. The minimum atomic E-state index is -0.910. The number of benzene rings is 2. The van der Waals surface area contributed by atoms with Gasteiger partial charge in [0.1, 0.15) is 17.8 Å². The van der Waals surface area contributed by atoms with Crippen LogP contribution in [-0.2, 0) is 11.4 Å². The zero-order valence-corrected chi connectivity index (χ0v) is 12.2. The lowest BCUT2D eigenvalue weighted by molar-refractivity contribution is 0.100. The van der Waals surface area contributed by atoms with Crippen molar-refractivity contribution in [3.8, 4) is 0 Å². The van der Waals surface area contributed by atoms with Crippen molar-refractivity contribution in [1.29, 1.82) is 0 Å². The summed E-state index contributed by atoms with van der Waals surface area (Å²) in [5.74, 6) is -0.803. The first-order valence-corrected chi connectivity index (χ1v) is 6.74. The van der Waals surface area contributed by atoms with E-state index in [2.05, 4.69) is 10.1 Å². The fourth-order valence-corrected chi connectivity index (χ4v) is 2.59. The van der Waals surface area contributed by atoms with Crippen LogP contribution in [0.1, 0.15) is 15.9 Å². The van der Waals surface area contributed by atoms with E-state index in [1.165, 1.54) is 13.2 Å². The molecular weight excluding hydrogens is 303 g/mol. The number of carbonyl (C=O) groups is 2. The molecule has 6 nitrogen and oxygen atoms in total. The minimum Gasteiger partial charge on any atom is -0.456 e. The minimum absolute atomic E-state index is 0.00842. The van der Waals surface area contributed by atoms with Crippen LogP contribution in [0.4, 0.5) is 14.9 Å². The maximum atomic E-state index is 13.4. The van der Waals surface area contributed by atoms with Crippen LogP contribution in [-0.4, -0.2) is 19.1 Å². The smallest absolute Gasteiger partial charge is 0.411 e. The van der Waals surface area contributed by atoms with Gasteiger partial charge in [-0.1, -0.05) is 18.2 Å². The number of hydrogen-bond donors (Lipinski definition) is 2. The molecule has 118 valence electrons. The van der Waals surface area contributed by atoms with Crippen molar-refractivity contribution in [1.82, 2.24) is 0 Å².